The van der Waals surface area contributed by atoms with Gasteiger partial charge in [0, 0.05) is 51.3 Å². The molecule has 0 saturated carbocycles. The molecule has 0 spiro atoms. The highest BCUT2D eigenvalue weighted by Gasteiger charge is 2.38. The fraction of sp³-hybridized carbons (Fsp3) is 0.333. The summed E-state index contributed by atoms with van der Waals surface area (Å²) in [6.45, 7) is 21.4. The maximum atomic E-state index is 15.8. The van der Waals surface area contributed by atoms with Crippen molar-refractivity contribution in [3.8, 4) is 22.5 Å². The first-order valence-electron chi connectivity index (χ1n) is 24.4. The van der Waals surface area contributed by atoms with E-state index in [1.54, 1.807) is 51.1 Å². The summed E-state index contributed by atoms with van der Waals surface area (Å²) in [6, 6.07) is 28.2. The number of thioether (sulfide) groups is 1. The van der Waals surface area contributed by atoms with Gasteiger partial charge in [-0.2, -0.15) is 0 Å². The Labute approximate surface area is 435 Å². The topological polar surface area (TPSA) is 144 Å². The maximum absolute atomic E-state index is 15.8. The van der Waals surface area contributed by atoms with E-state index < -0.39 is 69.4 Å². The molecule has 7 rings (SSSR count). The number of hydrogen-bond donors (Lipinski definition) is 2. The molecule has 2 aliphatic rings. The normalized spacial score (nSPS) is 12.8. The standard InChI is InChI=1S/C57H61F4N3O7S3/c1-12-57(10,11)56(65)70-27-28-72-54-48(58)50(60)55(51(61)49(54)59)74(68,69)64-73(66,67)46-22-14-13-17-43(46)47-41-25-23-35(62-52-37(31(2)3)18-15-19-38(52)32(4)5)29-44(41)71-45-30-36(24-26-42(45)47)63-53-39(33(6)7)20-16-21-40(53)34(8)9/h13-26,29-34,62,64H,12,27-28H2,1-11H3/b63-36+. The van der Waals surface area contributed by atoms with Crippen LogP contribution in [0, 0.1) is 28.7 Å². The number of sulfonamides is 2. The van der Waals surface area contributed by atoms with Crippen molar-refractivity contribution in [2.45, 2.75) is 121 Å². The van der Waals surface area contributed by atoms with Gasteiger partial charge in [-0.15, -0.1) is 15.9 Å². The van der Waals surface area contributed by atoms with Crippen LogP contribution in [0.1, 0.15) is 129 Å². The minimum atomic E-state index is -5.92. The van der Waals surface area contributed by atoms with Gasteiger partial charge in [0.25, 0.3) is 20.0 Å². The van der Waals surface area contributed by atoms with Crippen LogP contribution in [0.3, 0.4) is 0 Å². The Morgan fingerprint density at radius 1 is 0.689 bits per heavy atom. The van der Waals surface area contributed by atoms with Crippen LogP contribution in [-0.2, 0) is 29.6 Å². The number of nitrogens with zero attached hydrogens (tertiary/aromatic N) is 1. The van der Waals surface area contributed by atoms with E-state index in [1.807, 2.05) is 30.3 Å². The van der Waals surface area contributed by atoms with E-state index >= 15 is 17.6 Å². The first-order chi connectivity index (χ1) is 34.8. The third-order valence-corrected chi connectivity index (χ3v) is 17.7. The van der Waals surface area contributed by atoms with Gasteiger partial charge in [-0.05, 0) is 96.5 Å². The minimum Gasteiger partial charge on any atom is -0.464 e. The van der Waals surface area contributed by atoms with E-state index in [4.69, 9.17) is 14.1 Å². The quantitative estimate of drug-likeness (QED) is 0.0214. The zero-order valence-corrected chi connectivity index (χ0v) is 45.7. The van der Waals surface area contributed by atoms with E-state index in [1.165, 1.54) is 22.3 Å². The van der Waals surface area contributed by atoms with Crippen LogP contribution in [0.15, 0.2) is 121 Å². The van der Waals surface area contributed by atoms with Crippen LogP contribution in [0.4, 0.5) is 34.6 Å². The molecule has 0 fully saturated rings. The lowest BCUT2D eigenvalue weighted by atomic mass is 9.91. The van der Waals surface area contributed by atoms with Crippen LogP contribution in [0.5, 0.6) is 0 Å². The molecule has 0 aromatic heterocycles. The number of halogens is 4. The van der Waals surface area contributed by atoms with Crippen molar-refractivity contribution in [1.29, 1.82) is 0 Å². The summed E-state index contributed by atoms with van der Waals surface area (Å²) >= 11 is 0.243. The Balaban J connectivity index is 1.37. The number of fused-ring (bicyclic) bond motifs is 2. The lowest BCUT2D eigenvalue weighted by Crippen LogP contribution is -2.33. The fourth-order valence-corrected chi connectivity index (χ4v) is 12.7. The van der Waals surface area contributed by atoms with Crippen LogP contribution < -0.4 is 14.8 Å². The Morgan fingerprint density at radius 2 is 1.26 bits per heavy atom. The average molecular weight is 1070 g/mol. The number of nitrogens with one attached hydrogen (secondary N) is 2. The number of ether oxygens (including phenoxy) is 1. The summed E-state index contributed by atoms with van der Waals surface area (Å²) in [5.41, 5.74) is 6.74. The molecule has 0 amide bonds. The number of carbonyl (C=O) groups is 1. The molecule has 1 aliphatic heterocycles. The molecule has 0 saturated heterocycles. The van der Waals surface area contributed by atoms with E-state index in [0.29, 0.717) is 34.0 Å². The molecule has 392 valence electrons. The van der Waals surface area contributed by atoms with Gasteiger partial charge >= 0.3 is 5.97 Å². The van der Waals surface area contributed by atoms with Gasteiger partial charge in [0.2, 0.25) is 0 Å². The monoisotopic (exact) mass is 1070 g/mol. The van der Waals surface area contributed by atoms with Crippen molar-refractivity contribution in [1.82, 2.24) is 4.13 Å². The van der Waals surface area contributed by atoms with E-state index in [2.05, 4.69) is 72.8 Å². The summed E-state index contributed by atoms with van der Waals surface area (Å²) < 4.78 is 133. The first kappa shape index (κ1) is 55.7. The number of anilines is 2. The van der Waals surface area contributed by atoms with E-state index in [0.717, 1.165) is 39.7 Å². The molecule has 0 radical (unpaired) electrons. The third-order valence-electron chi connectivity index (χ3n) is 13.0. The first-order valence-corrected chi connectivity index (χ1v) is 28.4. The zero-order valence-electron chi connectivity index (χ0n) is 43.2. The number of carbonyl (C=O) groups excluding carboxylic acids is 1. The second-order valence-corrected chi connectivity index (χ2v) is 24.7. The van der Waals surface area contributed by atoms with Gasteiger partial charge in [0.1, 0.15) is 18.0 Å². The Hall–Kier alpha value is -6.01. The minimum absolute atomic E-state index is 0.0426. The van der Waals surface area contributed by atoms with Gasteiger partial charge < -0.3 is 14.5 Å². The van der Waals surface area contributed by atoms with Crippen molar-refractivity contribution in [2.75, 3.05) is 17.7 Å². The van der Waals surface area contributed by atoms with Crippen LogP contribution in [0.2, 0.25) is 0 Å². The predicted molar refractivity (Wildman–Crippen MR) is 286 cm³/mol. The number of esters is 1. The molecule has 17 heteroatoms. The summed E-state index contributed by atoms with van der Waals surface area (Å²) in [5.74, 6) is -8.92. The predicted octanol–water partition coefficient (Wildman–Crippen LogP) is 15.0. The van der Waals surface area contributed by atoms with Gasteiger partial charge in [-0.1, -0.05) is 117 Å². The Kier molecular flexibility index (Phi) is 16.6. The molecule has 0 bridgehead atoms. The van der Waals surface area contributed by atoms with Crippen molar-refractivity contribution < 1.29 is 48.3 Å². The maximum Gasteiger partial charge on any atom is 0.311 e. The van der Waals surface area contributed by atoms with Gasteiger partial charge in [-0.3, -0.25) is 4.79 Å². The molecule has 0 atom stereocenters. The second-order valence-electron chi connectivity index (χ2n) is 20.0. The number of benzene rings is 6. The van der Waals surface area contributed by atoms with Gasteiger partial charge in [0.15, 0.2) is 28.2 Å². The lowest BCUT2D eigenvalue weighted by Gasteiger charge is -2.22. The molecular formula is C57H61F4N3O7S3. The molecule has 1 heterocycles. The summed E-state index contributed by atoms with van der Waals surface area (Å²) in [7, 11) is -11.3. The molecule has 5 aromatic rings. The molecule has 2 N–H and O–H groups in total. The van der Waals surface area contributed by atoms with Crippen molar-refractivity contribution >= 4 is 65.8 Å². The summed E-state index contributed by atoms with van der Waals surface area (Å²) in [6.07, 6.45) is 0.430. The third kappa shape index (κ3) is 11.3. The second kappa shape index (κ2) is 22.1. The van der Waals surface area contributed by atoms with Crippen LogP contribution in [0.25, 0.3) is 33.4 Å². The average Bonchev–Trinajstić information content (AvgIpc) is 3.34. The van der Waals surface area contributed by atoms with Crippen molar-refractivity contribution in [3.05, 3.63) is 148 Å². The van der Waals surface area contributed by atoms with Gasteiger partial charge in [-0.25, -0.2) is 39.4 Å². The summed E-state index contributed by atoms with van der Waals surface area (Å²) in [5, 5.41) is 4.56. The highest BCUT2D eigenvalue weighted by Crippen LogP contribution is 2.45. The smallest absolute Gasteiger partial charge is 0.311 e. The number of hydrogen-bond acceptors (Lipinski definition) is 10. The number of para-hydroxylation sites is 2. The fourth-order valence-electron chi connectivity index (χ4n) is 8.64. The highest BCUT2D eigenvalue weighted by atomic mass is 32.3. The molecule has 1 aliphatic carbocycles. The van der Waals surface area contributed by atoms with Crippen molar-refractivity contribution in [3.63, 3.8) is 0 Å². The van der Waals surface area contributed by atoms with E-state index in [-0.39, 0.29) is 64.7 Å². The molecule has 5 aromatic carbocycles. The lowest BCUT2D eigenvalue weighted by molar-refractivity contribution is -0.153. The Morgan fingerprint density at radius 3 is 1.82 bits per heavy atom. The van der Waals surface area contributed by atoms with E-state index in [9.17, 15) is 21.6 Å². The zero-order chi connectivity index (χ0) is 54.2. The van der Waals surface area contributed by atoms with Gasteiger partial charge in [0.05, 0.1) is 26.3 Å². The highest BCUT2D eigenvalue weighted by molar-refractivity contribution is 8.04. The van der Waals surface area contributed by atoms with Crippen LogP contribution in [-0.4, -0.2) is 35.2 Å². The Bertz CT molecular complexity index is 3470. The van der Waals surface area contributed by atoms with Crippen LogP contribution >= 0.6 is 11.8 Å². The number of rotatable bonds is 18. The molecular weight excluding hydrogens is 1010 g/mol. The SMILES string of the molecule is CCC(C)(C)C(=O)OCCSc1c(F)c(F)c(S(=O)(=O)NS(=O)(=O)c2ccccc2-c2c3cc/c(=N\c4c(C(C)C)cccc4C(C)C)cc-3oc3cc(Nc4c(C(C)C)cccc4C(C)C)ccc23)c(F)c1F. The molecule has 0 unspecified atom stereocenters. The molecule has 74 heavy (non-hydrogen) atoms. The molecule has 10 nitrogen and oxygen atoms in total. The largest absolute Gasteiger partial charge is 0.464 e. The summed E-state index contributed by atoms with van der Waals surface area (Å²) in [4.78, 5) is 13.4. The van der Waals surface area contributed by atoms with Crippen molar-refractivity contribution in [2.24, 2.45) is 10.4 Å².